The zero-order valence-electron chi connectivity index (χ0n) is 59.0. The number of para-hydroxylation sites is 3. The van der Waals surface area contributed by atoms with Crippen LogP contribution in [0.15, 0.2) is 178 Å². The van der Waals surface area contributed by atoms with Crippen molar-refractivity contribution in [3.05, 3.63) is 242 Å². The van der Waals surface area contributed by atoms with Gasteiger partial charge in [0.1, 0.15) is 34.9 Å². The van der Waals surface area contributed by atoms with Gasteiger partial charge in [0.25, 0.3) is 33.7 Å². The number of halogens is 3. The predicted octanol–water partition coefficient (Wildman–Crippen LogP) is 9.45. The quantitative estimate of drug-likeness (QED) is 0.0417. The second-order valence-electron chi connectivity index (χ2n) is 24.2. The number of amides is 2. The molecule has 0 unspecified atom stereocenters. The molecule has 6 aromatic heterocycles. The summed E-state index contributed by atoms with van der Waals surface area (Å²) in [6, 6.07) is 50.8. The van der Waals surface area contributed by atoms with Crippen molar-refractivity contribution in [3.63, 3.8) is 0 Å². The van der Waals surface area contributed by atoms with Crippen molar-refractivity contribution in [3.8, 4) is 35.3 Å². The number of hydrogen-bond donors (Lipinski definition) is 2. The van der Waals surface area contributed by atoms with Gasteiger partial charge in [-0.1, -0.05) is 70.5 Å². The van der Waals surface area contributed by atoms with Gasteiger partial charge in [-0.2, -0.15) is 15.8 Å². The van der Waals surface area contributed by atoms with E-state index in [-0.39, 0.29) is 76.6 Å². The first-order valence-corrected chi connectivity index (χ1v) is 35.5. The maximum atomic E-state index is 13.3. The van der Waals surface area contributed by atoms with Crippen LogP contribution in [0.25, 0.3) is 82.9 Å². The number of non-ortho nitro benzene ring substituents is 3. The second-order valence-corrected chi connectivity index (χ2v) is 25.8. The Balaban J connectivity index is 0.000000186. The van der Waals surface area contributed by atoms with Gasteiger partial charge in [0.15, 0.2) is 0 Å². The third-order valence-electron chi connectivity index (χ3n) is 17.8. The molecule has 12 aromatic rings. The fourth-order valence-electron chi connectivity index (χ4n) is 12.8. The Morgan fingerprint density at radius 1 is 0.481 bits per heavy atom. The summed E-state index contributed by atoms with van der Waals surface area (Å²) in [5, 5.41) is 68.3. The maximum Gasteiger partial charge on any atom is 1.00 e. The summed E-state index contributed by atoms with van der Waals surface area (Å²) in [5.41, 5.74) is 6.62. The van der Waals surface area contributed by atoms with Crippen LogP contribution in [0, 0.1) is 64.3 Å². The van der Waals surface area contributed by atoms with Crippen LogP contribution in [0.5, 0.6) is 0 Å². The number of nitrogens with one attached hydrogen (secondary N) is 2. The second kappa shape index (κ2) is 36.7. The van der Waals surface area contributed by atoms with E-state index in [0.29, 0.717) is 58.1 Å². The third-order valence-corrected chi connectivity index (χ3v) is 18.9. The number of carbonyl (C=O) groups excluding carboxylic acids is 2. The number of aromatic amines is 1. The SMILES string of the molecule is CC(=O)N1CCN(CCCn2c3ccccc3c3c2cc(C#N)c(=O)n3-c2ccc([N+](=O)[O-])cc2)CC1.CC(=O)N1CCNCC1.ClCCCBr.N#Cc1cc2[nH]c3ccccc3c2n(-c2ccc([N+](=O)[O-])cc2)c1=O.N#Cc1cc2c(c3ccccc3n2CCCCl)n(-c2ccc([N+](=O)[O-])cc2)c1=O.[H-].[Na+]. The molecule has 2 aliphatic heterocycles. The number of nitro benzene ring substituents is 3. The average molecular weight is 1550 g/mol. The molecule has 0 atom stereocenters. The fraction of sp³-hybridized carbons (Fsp3) is 0.253. The minimum atomic E-state index is -0.500. The summed E-state index contributed by atoms with van der Waals surface area (Å²) in [6.45, 7) is 12.2. The van der Waals surface area contributed by atoms with Crippen molar-refractivity contribution in [2.75, 3.05) is 76.0 Å². The van der Waals surface area contributed by atoms with Gasteiger partial charge in [-0.3, -0.25) is 72.9 Å². The Hall–Kier alpha value is -10.8. The standard InChI is InChI=1S/C27H26N6O4.C21H15ClN4O3.C18H10N4O3.C6H12N2O.C3H6BrCl.Na.H/c1-19(34)30-15-13-29(14-16-30)11-4-12-31-24-6-3-2-5-23(24)26-25(31)17-20(18-28)27(35)32(26)21-7-9-22(10-8-21)33(36)37;22-10-3-11-24-18-5-2-1-4-17(18)20-19(24)12-14(13-23)21(27)25(20)15-6-8-16(9-7-15)26(28)29;19-10-11-9-16-17(14-3-1-2-4-15(14)20-16)21(18(11)23)12-5-7-13(8-6-12)22(24)25;1-6(9)8-4-2-7-3-5-8;4-2-1-3-5;;/h2-3,5-10,17H,4,11-16H2,1H3;1-2,4-9,12H,3,10-11H2;1-9,20H;7H,2-5H2,1H3;1-3H2;;/q;;;;;+1;-1. The number of nitrogens with zero attached hydrogens (tertiary/aromatic N) is 14. The van der Waals surface area contributed by atoms with Crippen LogP contribution in [0.3, 0.4) is 0 Å². The largest absolute Gasteiger partial charge is 1.00 e. The van der Waals surface area contributed by atoms with E-state index in [4.69, 9.17) is 23.2 Å². The summed E-state index contributed by atoms with van der Waals surface area (Å²) in [7, 11) is 0. The first-order chi connectivity index (χ1) is 50.8. The Morgan fingerprint density at radius 2 is 0.858 bits per heavy atom. The van der Waals surface area contributed by atoms with E-state index < -0.39 is 31.4 Å². The van der Waals surface area contributed by atoms with Crippen LogP contribution < -0.4 is 51.6 Å². The molecule has 2 N–H and O–H groups in total. The van der Waals surface area contributed by atoms with Crippen LogP contribution in [0.2, 0.25) is 0 Å². The van der Waals surface area contributed by atoms with Gasteiger partial charge >= 0.3 is 29.6 Å². The maximum absolute atomic E-state index is 13.3. The van der Waals surface area contributed by atoms with Gasteiger partial charge in [0.05, 0.1) is 58.9 Å². The van der Waals surface area contributed by atoms with E-state index >= 15 is 0 Å². The Bertz CT molecular complexity index is 5600. The molecule has 0 aliphatic carbocycles. The summed E-state index contributed by atoms with van der Waals surface area (Å²) in [4.78, 5) is 102. The number of alkyl halides is 3. The number of fused-ring (bicyclic) bond motifs is 9. The molecule has 106 heavy (non-hydrogen) atoms. The van der Waals surface area contributed by atoms with Gasteiger partial charge in [0, 0.05) is 172 Å². The molecule has 2 amide bonds. The average Bonchev–Trinajstić information content (AvgIpc) is 1.62. The number of aryl methyl sites for hydroxylation is 2. The fourth-order valence-corrected chi connectivity index (χ4v) is 13.6. The molecule has 6 aromatic carbocycles. The molecule has 31 heteroatoms. The van der Waals surface area contributed by atoms with E-state index in [2.05, 4.69) is 40.3 Å². The number of carbonyl (C=O) groups is 2. The number of hydrogen-bond acceptors (Lipinski definition) is 16. The molecule has 8 heterocycles. The molecular weight excluding hydrogens is 1470 g/mol. The number of benzene rings is 6. The van der Waals surface area contributed by atoms with E-state index in [1.165, 1.54) is 92.6 Å². The molecular formula is C75H70BrCl2N16NaO11. The van der Waals surface area contributed by atoms with Crippen LogP contribution in [0.1, 0.15) is 51.2 Å². The smallest absolute Gasteiger partial charge is 1.00 e. The zero-order chi connectivity index (χ0) is 75.0. The van der Waals surface area contributed by atoms with Crippen LogP contribution in [-0.2, 0) is 22.7 Å². The van der Waals surface area contributed by atoms with Crippen molar-refractivity contribution in [1.82, 2.24) is 47.8 Å². The first kappa shape index (κ1) is 79.3. The molecule has 27 nitrogen and oxygen atoms in total. The summed E-state index contributed by atoms with van der Waals surface area (Å²) in [6.07, 6.45) is 2.65. The topological polar surface area (TPSA) is 348 Å². The van der Waals surface area contributed by atoms with Crippen molar-refractivity contribution < 1.29 is 55.3 Å². The number of aromatic nitrogens is 6. The van der Waals surface area contributed by atoms with Crippen LogP contribution in [0.4, 0.5) is 17.1 Å². The molecule has 0 spiro atoms. The van der Waals surface area contributed by atoms with Crippen molar-refractivity contribution in [2.24, 2.45) is 0 Å². The Kier molecular flexibility index (Phi) is 27.5. The minimum absolute atomic E-state index is 0. The number of rotatable bonds is 15. The number of piperazine rings is 2. The number of pyridine rings is 3. The molecule has 2 fully saturated rings. The number of H-pyrrole nitrogens is 1. The Morgan fingerprint density at radius 3 is 1.24 bits per heavy atom. The van der Waals surface area contributed by atoms with Gasteiger partial charge < -0.3 is 30.7 Å². The molecule has 0 radical (unpaired) electrons. The van der Waals surface area contributed by atoms with Gasteiger partial charge in [-0.05, 0) is 98.6 Å². The summed E-state index contributed by atoms with van der Waals surface area (Å²) in [5.74, 6) is 1.56. The third kappa shape index (κ3) is 17.6. The van der Waals surface area contributed by atoms with Crippen molar-refractivity contribution in [2.45, 2.75) is 46.2 Å². The summed E-state index contributed by atoms with van der Waals surface area (Å²) < 4.78 is 8.54. The molecule has 2 saturated heterocycles. The predicted molar refractivity (Wildman–Crippen MR) is 410 cm³/mol. The van der Waals surface area contributed by atoms with Crippen LogP contribution >= 0.6 is 39.1 Å². The molecule has 2 aliphatic rings. The summed E-state index contributed by atoms with van der Waals surface area (Å²) >= 11 is 14.4. The van der Waals surface area contributed by atoms with Gasteiger partial charge in [0.2, 0.25) is 11.8 Å². The van der Waals surface area contributed by atoms with Crippen LogP contribution in [-0.4, -0.2) is 145 Å². The monoisotopic (exact) mass is 1540 g/mol. The van der Waals surface area contributed by atoms with Gasteiger partial charge in [-0.25, -0.2) is 0 Å². The molecule has 14 rings (SSSR count). The zero-order valence-corrected chi connectivity index (χ0v) is 63.1. The molecule has 538 valence electrons. The van der Waals surface area contributed by atoms with E-state index in [9.17, 15) is 70.1 Å². The minimum Gasteiger partial charge on any atom is -1.00 e. The van der Waals surface area contributed by atoms with Crippen molar-refractivity contribution >= 4 is 134 Å². The molecule has 0 bridgehead atoms. The Labute approximate surface area is 647 Å². The van der Waals surface area contributed by atoms with Crippen molar-refractivity contribution in [1.29, 1.82) is 15.8 Å². The first-order valence-electron chi connectivity index (χ1n) is 33.3. The number of nitro groups is 3. The van der Waals surface area contributed by atoms with Gasteiger partial charge in [-0.15, -0.1) is 23.2 Å². The van der Waals surface area contributed by atoms with E-state index in [0.717, 1.165) is 133 Å². The normalized spacial score (nSPS) is 12.6. The van der Waals surface area contributed by atoms with E-state index in [1.807, 2.05) is 101 Å². The molecule has 0 saturated carbocycles. The number of nitriles is 3. The van der Waals surface area contributed by atoms with E-state index in [1.54, 1.807) is 26.0 Å².